The van der Waals surface area contributed by atoms with Crippen molar-refractivity contribution in [3.63, 3.8) is 0 Å². The first-order valence-corrected chi connectivity index (χ1v) is 10.3. The highest BCUT2D eigenvalue weighted by Crippen LogP contribution is 2.13. The molecule has 148 valence electrons. The fourth-order valence-corrected chi connectivity index (χ4v) is 3.28. The van der Waals surface area contributed by atoms with Crippen LogP contribution in [-0.2, 0) is 14.3 Å². The van der Waals surface area contributed by atoms with Gasteiger partial charge in [0.1, 0.15) is 6.04 Å². The van der Waals surface area contributed by atoms with Crippen LogP contribution >= 0.6 is 11.8 Å². The van der Waals surface area contributed by atoms with Crippen molar-refractivity contribution in [2.24, 2.45) is 0 Å². The number of nitrogens with one attached hydrogen (secondary N) is 1. The summed E-state index contributed by atoms with van der Waals surface area (Å²) in [4.78, 5) is 22.8. The summed E-state index contributed by atoms with van der Waals surface area (Å²) in [6, 6.07) is -0.581. The largest absolute Gasteiger partial charge is 0.467 e. The lowest BCUT2D eigenvalue weighted by atomic mass is 10.1. The van der Waals surface area contributed by atoms with E-state index in [1.165, 1.54) is 30.8 Å². The summed E-state index contributed by atoms with van der Waals surface area (Å²) in [7, 11) is 1.33. The second-order valence-electron chi connectivity index (χ2n) is 6.77. The maximum atomic E-state index is 11.6. The molecule has 0 aromatic carbocycles. The zero-order valence-electron chi connectivity index (χ0n) is 17.2. The van der Waals surface area contributed by atoms with Gasteiger partial charge in [-0.05, 0) is 53.4 Å². The lowest BCUT2D eigenvalue weighted by Crippen LogP contribution is -2.42. The second kappa shape index (κ2) is 14.7. The Morgan fingerprint density at radius 1 is 0.962 bits per heavy atom. The third-order valence-corrected chi connectivity index (χ3v) is 4.79. The van der Waals surface area contributed by atoms with Gasteiger partial charge < -0.3 is 10.1 Å². The highest BCUT2D eigenvalue weighted by atomic mass is 32.2. The Labute approximate surface area is 163 Å². The molecule has 0 aliphatic carbocycles. The third-order valence-electron chi connectivity index (χ3n) is 3.82. The van der Waals surface area contributed by atoms with Gasteiger partial charge in [-0.15, -0.1) is 0 Å². The Hall–Kier alpha value is -1.49. The zero-order chi connectivity index (χ0) is 19.9. The van der Waals surface area contributed by atoms with Gasteiger partial charge in [-0.3, -0.25) is 4.79 Å². The second-order valence-corrected chi connectivity index (χ2v) is 7.85. The van der Waals surface area contributed by atoms with E-state index in [1.54, 1.807) is 11.8 Å². The SMILES string of the molecule is COC(=O)C(CSC/C=C(\C)CC/C=C(\C)CCC=C(C)C)NC(C)=O. The number of allylic oxidation sites excluding steroid dienone is 5. The van der Waals surface area contributed by atoms with Gasteiger partial charge in [0.2, 0.25) is 5.91 Å². The van der Waals surface area contributed by atoms with Gasteiger partial charge >= 0.3 is 5.97 Å². The maximum Gasteiger partial charge on any atom is 0.329 e. The van der Waals surface area contributed by atoms with Crippen molar-refractivity contribution in [3.05, 3.63) is 34.9 Å². The minimum atomic E-state index is -0.581. The Morgan fingerprint density at radius 3 is 2.08 bits per heavy atom. The number of methoxy groups -OCH3 is 1. The average Bonchev–Trinajstić information content (AvgIpc) is 2.56. The molecular weight excluding hydrogens is 346 g/mol. The molecule has 1 N–H and O–H groups in total. The van der Waals surface area contributed by atoms with Crippen LogP contribution in [0.25, 0.3) is 0 Å². The van der Waals surface area contributed by atoms with E-state index in [0.717, 1.165) is 31.4 Å². The zero-order valence-corrected chi connectivity index (χ0v) is 18.0. The third kappa shape index (κ3) is 13.8. The highest BCUT2D eigenvalue weighted by Gasteiger charge is 2.19. The Bertz CT molecular complexity index is 531. The predicted molar refractivity (Wildman–Crippen MR) is 112 cm³/mol. The molecule has 0 aromatic rings. The average molecular weight is 382 g/mol. The molecular formula is C21H35NO3S. The minimum absolute atomic E-state index is 0.223. The van der Waals surface area contributed by atoms with Gasteiger partial charge in [0.05, 0.1) is 7.11 Å². The molecule has 0 bridgehead atoms. The number of hydrogen-bond donors (Lipinski definition) is 1. The monoisotopic (exact) mass is 381 g/mol. The summed E-state index contributed by atoms with van der Waals surface area (Å²) in [6.07, 6.45) is 11.2. The van der Waals surface area contributed by atoms with E-state index in [4.69, 9.17) is 4.74 Å². The normalized spacial score (nSPS) is 13.2. The van der Waals surface area contributed by atoms with Gasteiger partial charge in [-0.2, -0.15) is 11.8 Å². The first-order valence-electron chi connectivity index (χ1n) is 9.13. The summed E-state index contributed by atoms with van der Waals surface area (Å²) in [5.74, 6) is 0.711. The van der Waals surface area contributed by atoms with Gasteiger partial charge in [-0.25, -0.2) is 4.79 Å². The van der Waals surface area contributed by atoms with E-state index in [9.17, 15) is 9.59 Å². The molecule has 4 nitrogen and oxygen atoms in total. The number of esters is 1. The molecule has 1 atom stereocenters. The van der Waals surface area contributed by atoms with E-state index in [1.807, 2.05) is 0 Å². The van der Waals surface area contributed by atoms with Crippen LogP contribution in [0.3, 0.4) is 0 Å². The Balaban J connectivity index is 4.14. The number of amides is 1. The van der Waals surface area contributed by atoms with Crippen molar-refractivity contribution >= 4 is 23.6 Å². The fraction of sp³-hybridized carbons (Fsp3) is 0.619. The van der Waals surface area contributed by atoms with Crippen molar-refractivity contribution < 1.29 is 14.3 Å². The first kappa shape index (κ1) is 24.5. The number of thioether (sulfide) groups is 1. The van der Waals surface area contributed by atoms with Crippen molar-refractivity contribution in [1.82, 2.24) is 5.32 Å². The van der Waals surface area contributed by atoms with Crippen LogP contribution in [0, 0.1) is 0 Å². The van der Waals surface area contributed by atoms with Crippen molar-refractivity contribution in [2.75, 3.05) is 18.6 Å². The van der Waals surface area contributed by atoms with Gasteiger partial charge in [-0.1, -0.05) is 34.9 Å². The molecule has 0 aromatic heterocycles. The van der Waals surface area contributed by atoms with Crippen LogP contribution in [0.15, 0.2) is 34.9 Å². The smallest absolute Gasteiger partial charge is 0.329 e. The molecule has 0 spiro atoms. The van der Waals surface area contributed by atoms with Crippen LogP contribution in [0.5, 0.6) is 0 Å². The summed E-state index contributed by atoms with van der Waals surface area (Å²) in [5, 5.41) is 2.62. The van der Waals surface area contributed by atoms with Gasteiger partial charge in [0.25, 0.3) is 0 Å². The predicted octanol–water partition coefficient (Wildman–Crippen LogP) is 4.82. The summed E-state index contributed by atoms with van der Waals surface area (Å²) >= 11 is 1.62. The number of ether oxygens (including phenoxy) is 1. The van der Waals surface area contributed by atoms with E-state index >= 15 is 0 Å². The number of hydrogen-bond acceptors (Lipinski definition) is 4. The molecule has 0 aliphatic heterocycles. The number of carbonyl (C=O) groups excluding carboxylic acids is 2. The molecule has 0 radical (unpaired) electrons. The molecule has 0 saturated heterocycles. The fourth-order valence-electron chi connectivity index (χ4n) is 2.28. The Morgan fingerprint density at radius 2 is 1.54 bits per heavy atom. The van der Waals surface area contributed by atoms with Crippen molar-refractivity contribution in [3.8, 4) is 0 Å². The van der Waals surface area contributed by atoms with Crippen molar-refractivity contribution in [2.45, 2.75) is 66.3 Å². The molecule has 0 aliphatic rings. The molecule has 1 unspecified atom stereocenters. The van der Waals surface area contributed by atoms with E-state index in [0.29, 0.717) is 5.75 Å². The summed E-state index contributed by atoms with van der Waals surface area (Å²) in [6.45, 7) is 10.0. The molecule has 1 amide bonds. The molecule has 0 rings (SSSR count). The van der Waals surface area contributed by atoms with E-state index in [2.05, 4.69) is 51.2 Å². The number of carbonyl (C=O) groups is 2. The summed E-state index contributed by atoms with van der Waals surface area (Å²) < 4.78 is 4.72. The first-order chi connectivity index (χ1) is 12.3. The molecule has 26 heavy (non-hydrogen) atoms. The van der Waals surface area contributed by atoms with E-state index < -0.39 is 12.0 Å². The van der Waals surface area contributed by atoms with Crippen molar-refractivity contribution in [1.29, 1.82) is 0 Å². The standard InChI is InChI=1S/C21H35NO3S/c1-16(2)9-7-10-17(3)11-8-12-18(4)13-14-26-15-20(21(24)25-6)22-19(5)23/h9,11,13,20H,7-8,10,12,14-15H2,1-6H3,(H,22,23)/b17-11+,18-13+. The van der Waals surface area contributed by atoms with Crippen LogP contribution in [0.2, 0.25) is 0 Å². The minimum Gasteiger partial charge on any atom is -0.467 e. The number of rotatable bonds is 12. The van der Waals surface area contributed by atoms with Gasteiger partial charge in [0, 0.05) is 18.4 Å². The highest BCUT2D eigenvalue weighted by molar-refractivity contribution is 7.99. The van der Waals surface area contributed by atoms with Crippen LogP contribution in [0.4, 0.5) is 0 Å². The van der Waals surface area contributed by atoms with Gasteiger partial charge in [0.15, 0.2) is 0 Å². The van der Waals surface area contributed by atoms with Crippen LogP contribution in [-0.4, -0.2) is 36.5 Å². The quantitative estimate of drug-likeness (QED) is 0.299. The molecule has 5 heteroatoms. The topological polar surface area (TPSA) is 55.4 Å². The van der Waals surface area contributed by atoms with Crippen LogP contribution in [0.1, 0.15) is 60.3 Å². The molecule has 0 heterocycles. The lowest BCUT2D eigenvalue weighted by molar-refractivity contribution is -0.144. The molecule has 0 fully saturated rings. The van der Waals surface area contributed by atoms with Crippen LogP contribution < -0.4 is 5.32 Å². The van der Waals surface area contributed by atoms with E-state index in [-0.39, 0.29) is 5.91 Å². The lowest BCUT2D eigenvalue weighted by Gasteiger charge is -2.14. The Kier molecular flexibility index (Phi) is 13.8. The molecule has 0 saturated carbocycles. The summed E-state index contributed by atoms with van der Waals surface area (Å²) in [5.41, 5.74) is 4.17. The maximum absolute atomic E-state index is 11.6.